The topological polar surface area (TPSA) is 92.2 Å². The minimum Gasteiger partial charge on any atom is -0.495 e. The predicted molar refractivity (Wildman–Crippen MR) is 122 cm³/mol. The van der Waals surface area contributed by atoms with Crippen LogP contribution in [0.4, 0.5) is 10.1 Å². The Hall–Kier alpha value is -2.91. The number of ether oxygens (including phenoxy) is 1. The van der Waals surface area contributed by atoms with Gasteiger partial charge in [-0.2, -0.15) is 5.10 Å². The molecule has 1 heterocycles. The maximum atomic E-state index is 13.0. The van der Waals surface area contributed by atoms with Crippen molar-refractivity contribution in [2.24, 2.45) is 10.2 Å². The van der Waals surface area contributed by atoms with Crippen molar-refractivity contribution in [2.75, 3.05) is 12.4 Å². The molecule has 1 fully saturated rings. The van der Waals surface area contributed by atoms with Crippen LogP contribution in [-0.2, 0) is 9.59 Å². The quantitative estimate of drug-likeness (QED) is 0.498. The first-order valence-electron chi connectivity index (χ1n) is 9.26. The van der Waals surface area contributed by atoms with Gasteiger partial charge in [0, 0.05) is 17.5 Å². The molecule has 2 amide bonds. The first kappa shape index (κ1) is 22.8. The molecule has 2 aromatic rings. The summed E-state index contributed by atoms with van der Waals surface area (Å²) in [7, 11) is 1.48. The second kappa shape index (κ2) is 9.93. The van der Waals surface area contributed by atoms with Crippen LogP contribution in [0.25, 0.3) is 0 Å². The lowest BCUT2D eigenvalue weighted by Crippen LogP contribution is -2.28. The highest BCUT2D eigenvalue weighted by Gasteiger charge is 2.32. The Balaban J connectivity index is 1.63. The lowest BCUT2D eigenvalue weighted by atomic mass is 10.1. The average molecular weight is 463 g/mol. The lowest BCUT2D eigenvalue weighted by Gasteiger charge is -2.13. The molecule has 0 unspecified atom stereocenters. The highest BCUT2D eigenvalue weighted by molar-refractivity contribution is 8.15. The van der Waals surface area contributed by atoms with Gasteiger partial charge in [-0.25, -0.2) is 4.39 Å². The minimum atomic E-state index is -0.639. The van der Waals surface area contributed by atoms with Gasteiger partial charge in [0.25, 0.3) is 0 Å². The number of carbonyl (C=O) groups is 2. The molecule has 0 saturated carbocycles. The number of aryl methyl sites for hydroxylation is 1. The average Bonchev–Trinajstić information content (AvgIpc) is 3.08. The molecule has 0 aromatic heterocycles. The summed E-state index contributed by atoms with van der Waals surface area (Å²) < 4.78 is 18.3. The van der Waals surface area contributed by atoms with E-state index in [4.69, 9.17) is 16.3 Å². The number of nitrogens with zero attached hydrogens (tertiary/aromatic N) is 2. The highest BCUT2D eigenvalue weighted by atomic mass is 35.5. The zero-order valence-corrected chi connectivity index (χ0v) is 18.6. The van der Waals surface area contributed by atoms with Crippen LogP contribution in [0.15, 0.2) is 46.6 Å². The van der Waals surface area contributed by atoms with Gasteiger partial charge in [-0.1, -0.05) is 35.5 Å². The third-order valence-corrected chi connectivity index (χ3v) is 5.93. The molecule has 10 heteroatoms. The SMILES string of the molecule is COc1cc(Cl)c(C)cc1NC(=O)C[C@H]1S/C(=N/N=C(/C)c2ccc(F)cc2)NC1=O. The van der Waals surface area contributed by atoms with E-state index in [-0.39, 0.29) is 24.1 Å². The summed E-state index contributed by atoms with van der Waals surface area (Å²) in [6.07, 6.45) is -0.0546. The summed E-state index contributed by atoms with van der Waals surface area (Å²) in [5.74, 6) is -0.581. The molecule has 1 aliphatic heterocycles. The number of amidine groups is 1. The summed E-state index contributed by atoms with van der Waals surface area (Å²) in [6, 6.07) is 9.18. The van der Waals surface area contributed by atoms with Crippen LogP contribution in [0.1, 0.15) is 24.5 Å². The van der Waals surface area contributed by atoms with E-state index >= 15 is 0 Å². The van der Waals surface area contributed by atoms with Gasteiger partial charge in [0.2, 0.25) is 11.8 Å². The number of halogens is 2. The monoisotopic (exact) mass is 462 g/mol. The zero-order chi connectivity index (χ0) is 22.5. The number of amides is 2. The molecule has 3 rings (SSSR count). The summed E-state index contributed by atoms with van der Waals surface area (Å²) >= 11 is 7.20. The van der Waals surface area contributed by atoms with Gasteiger partial charge in [-0.3, -0.25) is 9.59 Å². The number of methoxy groups -OCH3 is 1. The smallest absolute Gasteiger partial charge is 0.240 e. The first-order chi connectivity index (χ1) is 14.8. The zero-order valence-electron chi connectivity index (χ0n) is 17.0. The number of thioether (sulfide) groups is 1. The Morgan fingerprint density at radius 3 is 2.71 bits per heavy atom. The van der Waals surface area contributed by atoms with Crippen LogP contribution in [0.5, 0.6) is 5.75 Å². The predicted octanol–water partition coefficient (Wildman–Crippen LogP) is 4.14. The second-order valence-electron chi connectivity index (χ2n) is 6.75. The fourth-order valence-corrected chi connectivity index (χ4v) is 3.83. The van der Waals surface area contributed by atoms with Crippen molar-refractivity contribution in [3.63, 3.8) is 0 Å². The van der Waals surface area contributed by atoms with Gasteiger partial charge < -0.3 is 15.4 Å². The van der Waals surface area contributed by atoms with E-state index < -0.39 is 5.25 Å². The van der Waals surface area contributed by atoms with Gasteiger partial charge in [-0.15, -0.1) is 5.10 Å². The number of hydrogen-bond donors (Lipinski definition) is 2. The van der Waals surface area contributed by atoms with Gasteiger partial charge in [0.15, 0.2) is 5.17 Å². The van der Waals surface area contributed by atoms with Gasteiger partial charge in [0.1, 0.15) is 16.8 Å². The number of benzene rings is 2. The van der Waals surface area contributed by atoms with Crippen molar-refractivity contribution >= 4 is 51.7 Å². The van der Waals surface area contributed by atoms with Crippen molar-refractivity contribution < 1.29 is 18.7 Å². The molecule has 0 radical (unpaired) electrons. The molecule has 2 aromatic carbocycles. The van der Waals surface area contributed by atoms with Crippen LogP contribution in [0.3, 0.4) is 0 Å². The molecule has 162 valence electrons. The van der Waals surface area contributed by atoms with Gasteiger partial charge in [-0.05, 0) is 43.2 Å². The van der Waals surface area contributed by atoms with Gasteiger partial charge in [0.05, 0.1) is 18.5 Å². The Labute approximate surface area is 188 Å². The third-order valence-electron chi connectivity index (χ3n) is 4.45. The fourth-order valence-electron chi connectivity index (χ4n) is 2.76. The molecule has 7 nitrogen and oxygen atoms in total. The van der Waals surface area contributed by atoms with Crippen LogP contribution in [0, 0.1) is 12.7 Å². The van der Waals surface area contributed by atoms with Crippen molar-refractivity contribution in [1.82, 2.24) is 5.32 Å². The van der Waals surface area contributed by atoms with Crippen LogP contribution in [-0.4, -0.2) is 35.1 Å². The van der Waals surface area contributed by atoms with E-state index in [9.17, 15) is 14.0 Å². The molecule has 2 N–H and O–H groups in total. The normalized spacial score (nSPS) is 17.6. The van der Waals surface area contributed by atoms with Crippen LogP contribution >= 0.6 is 23.4 Å². The standard InChI is InChI=1S/C21H20ClFN4O3S/c1-11-8-16(17(30-3)9-15(11)22)24-19(28)10-18-20(29)25-21(31-18)27-26-12(2)13-4-6-14(23)7-5-13/h4-9,18H,10H2,1-3H3,(H,24,28)(H,25,27,29)/b26-12-/t18-/m1/s1. The molecule has 1 aliphatic rings. The number of rotatable bonds is 6. The molecule has 0 spiro atoms. The van der Waals surface area contributed by atoms with Crippen LogP contribution < -0.4 is 15.4 Å². The van der Waals surface area contributed by atoms with Crippen molar-refractivity contribution in [2.45, 2.75) is 25.5 Å². The Bertz CT molecular complexity index is 1070. The molecule has 1 atom stereocenters. The fraction of sp³-hybridized carbons (Fsp3) is 0.238. The van der Waals surface area contributed by atoms with E-state index in [1.807, 2.05) is 6.92 Å². The van der Waals surface area contributed by atoms with Crippen molar-refractivity contribution in [1.29, 1.82) is 0 Å². The maximum Gasteiger partial charge on any atom is 0.240 e. The van der Waals surface area contributed by atoms with Gasteiger partial charge >= 0.3 is 0 Å². The second-order valence-corrected chi connectivity index (χ2v) is 8.35. The minimum absolute atomic E-state index is 0.0546. The largest absolute Gasteiger partial charge is 0.495 e. The van der Waals surface area contributed by atoms with E-state index in [1.165, 1.54) is 19.2 Å². The molecule has 31 heavy (non-hydrogen) atoms. The van der Waals surface area contributed by atoms with Crippen LogP contribution in [0.2, 0.25) is 5.02 Å². The summed E-state index contributed by atoms with van der Waals surface area (Å²) in [5.41, 5.74) is 2.54. The van der Waals surface area contributed by atoms with E-state index in [1.54, 1.807) is 31.2 Å². The van der Waals surface area contributed by atoms with E-state index in [0.29, 0.717) is 32.9 Å². The van der Waals surface area contributed by atoms with Crippen molar-refractivity contribution in [3.05, 3.63) is 58.4 Å². The summed E-state index contributed by atoms with van der Waals surface area (Å²) in [6.45, 7) is 3.54. The van der Waals surface area contributed by atoms with Crippen molar-refractivity contribution in [3.8, 4) is 5.75 Å². The summed E-state index contributed by atoms with van der Waals surface area (Å²) in [4.78, 5) is 24.7. The number of nitrogens with one attached hydrogen (secondary N) is 2. The molecular weight excluding hydrogens is 443 g/mol. The Morgan fingerprint density at radius 1 is 1.32 bits per heavy atom. The Morgan fingerprint density at radius 2 is 2.03 bits per heavy atom. The third kappa shape index (κ3) is 5.83. The molecule has 1 saturated heterocycles. The number of carbonyl (C=O) groups excluding carboxylic acids is 2. The van der Waals surface area contributed by atoms with E-state index in [2.05, 4.69) is 20.8 Å². The summed E-state index contributed by atoms with van der Waals surface area (Å²) in [5, 5.41) is 13.7. The lowest BCUT2D eigenvalue weighted by molar-refractivity contribution is -0.122. The first-order valence-corrected chi connectivity index (χ1v) is 10.5. The molecular formula is C21H20ClFN4O3S. The number of anilines is 1. The molecule has 0 bridgehead atoms. The highest BCUT2D eigenvalue weighted by Crippen LogP contribution is 2.31. The maximum absolute atomic E-state index is 13.0. The molecule has 0 aliphatic carbocycles. The van der Waals surface area contributed by atoms with E-state index in [0.717, 1.165) is 17.3 Å². The Kier molecular flexibility index (Phi) is 7.29. The number of hydrogen-bond acceptors (Lipinski definition) is 6.